The maximum absolute atomic E-state index is 5.98. The van der Waals surface area contributed by atoms with Crippen molar-refractivity contribution in [2.24, 2.45) is 0 Å². The molecule has 0 fully saturated rings. The fourth-order valence-corrected chi connectivity index (χ4v) is 11.6. The minimum absolute atomic E-state index is 0.369. The molecular weight excluding hydrogens is 885 g/mol. The van der Waals surface area contributed by atoms with Crippen LogP contribution in [0, 0.1) is 23.7 Å². The smallest absolute Gasteiger partial charge is 0.149 e. The van der Waals surface area contributed by atoms with Crippen LogP contribution in [0.5, 0.6) is 11.5 Å². The van der Waals surface area contributed by atoms with E-state index in [1.165, 1.54) is 77.9 Å². The van der Waals surface area contributed by atoms with Crippen LogP contribution in [-0.2, 0) is 17.3 Å². The van der Waals surface area contributed by atoms with Gasteiger partial charge in [0.2, 0.25) is 0 Å². The molecule has 0 spiro atoms. The molecule has 0 bridgehead atoms. The first kappa shape index (κ1) is 45.1. The van der Waals surface area contributed by atoms with Gasteiger partial charge in [-0.15, -0.1) is 11.8 Å². The monoisotopic (exact) mass is 936 g/mol. The summed E-state index contributed by atoms with van der Waals surface area (Å²) in [6.07, 6.45) is 9.91. The highest BCUT2D eigenvalue weighted by Crippen LogP contribution is 2.52. The Kier molecular flexibility index (Phi) is 11.9. The first-order chi connectivity index (χ1) is 36.1. The Balaban J connectivity index is 0.944. The number of hydrogen-bond donors (Lipinski definition) is 0. The Bertz CT molecular complexity index is 3560. The molecule has 73 heavy (non-hydrogen) atoms. The quantitative estimate of drug-likeness (QED) is 0.127. The van der Waals surface area contributed by atoms with Gasteiger partial charge in [0.1, 0.15) is 24.7 Å². The van der Waals surface area contributed by atoms with Crippen LogP contribution in [-0.4, -0.2) is 13.2 Å². The second kappa shape index (κ2) is 19.3. The van der Waals surface area contributed by atoms with Gasteiger partial charge in [0.05, 0.1) is 10.8 Å². The summed E-state index contributed by atoms with van der Waals surface area (Å²) < 4.78 is 12.0. The molecular formula is C71H52O2. The lowest BCUT2D eigenvalue weighted by Gasteiger charge is -2.38. The topological polar surface area (TPSA) is 18.5 Å². The fraction of sp³-hybridized carbons (Fsp3) is 0.0986. The average molecular weight is 937 g/mol. The molecule has 2 aliphatic rings. The molecule has 0 N–H and O–H groups in total. The first-order valence-electron chi connectivity index (χ1n) is 25.1. The molecule has 0 aliphatic heterocycles. The molecule has 10 aromatic rings. The molecule has 0 aromatic heterocycles. The van der Waals surface area contributed by atoms with E-state index in [2.05, 4.69) is 266 Å². The zero-order chi connectivity index (χ0) is 49.2. The fourth-order valence-electron chi connectivity index (χ4n) is 11.6. The Hall–Kier alpha value is -9.08. The predicted octanol–water partition coefficient (Wildman–Crippen LogP) is 16.1. The molecule has 0 atom stereocenters. The number of hydrogen-bond acceptors (Lipinski definition) is 2. The van der Waals surface area contributed by atoms with Gasteiger partial charge in [0.15, 0.2) is 0 Å². The highest BCUT2D eigenvalue weighted by Gasteiger charge is 2.43. The highest BCUT2D eigenvalue weighted by atomic mass is 16.5. The molecule has 348 valence electrons. The lowest BCUT2D eigenvalue weighted by atomic mass is 9.63. The van der Waals surface area contributed by atoms with Crippen LogP contribution in [0.2, 0.25) is 0 Å². The third-order valence-corrected chi connectivity index (χ3v) is 15.0. The van der Waals surface area contributed by atoms with Crippen molar-refractivity contribution in [2.45, 2.75) is 31.1 Å². The van der Waals surface area contributed by atoms with Crippen molar-refractivity contribution < 1.29 is 9.47 Å². The molecule has 0 saturated carbocycles. The number of ether oxygens (including phenoxy) is 2. The second-order valence-electron chi connectivity index (χ2n) is 19.0. The maximum Gasteiger partial charge on any atom is 0.149 e. The lowest BCUT2D eigenvalue weighted by molar-refractivity contribution is 0.370. The largest absolute Gasteiger partial charge is 0.481 e. The molecule has 0 amide bonds. The average Bonchev–Trinajstić information content (AvgIpc) is 3.69. The number of benzene rings is 10. The summed E-state index contributed by atoms with van der Waals surface area (Å²) in [7, 11) is 0. The van der Waals surface area contributed by atoms with Crippen molar-refractivity contribution in [1.82, 2.24) is 0 Å². The van der Waals surface area contributed by atoms with Gasteiger partial charge in [-0.2, -0.15) is 0 Å². The van der Waals surface area contributed by atoms with Crippen LogP contribution in [0.15, 0.2) is 218 Å². The van der Waals surface area contributed by atoms with Gasteiger partial charge in [-0.05, 0) is 156 Å². The number of rotatable bonds is 10. The molecule has 10 aromatic carbocycles. The summed E-state index contributed by atoms with van der Waals surface area (Å²) in [6, 6.07) is 81.0. The second-order valence-corrected chi connectivity index (χ2v) is 19.0. The highest BCUT2D eigenvalue weighted by molar-refractivity contribution is 5.89. The van der Waals surface area contributed by atoms with Crippen LogP contribution in [0.3, 0.4) is 0 Å². The van der Waals surface area contributed by atoms with Crippen LogP contribution in [0.4, 0.5) is 0 Å². The van der Waals surface area contributed by atoms with Gasteiger partial charge in [-0.25, -0.2) is 0 Å². The van der Waals surface area contributed by atoms with Gasteiger partial charge in [0, 0.05) is 0 Å². The van der Waals surface area contributed by atoms with Crippen molar-refractivity contribution in [3.63, 3.8) is 0 Å². The minimum Gasteiger partial charge on any atom is -0.481 e. The van der Waals surface area contributed by atoms with Crippen LogP contribution in [0.25, 0.3) is 45.8 Å². The molecule has 0 unspecified atom stereocenters. The van der Waals surface area contributed by atoms with E-state index >= 15 is 0 Å². The normalized spacial score (nSPS) is 13.4. The van der Waals surface area contributed by atoms with Crippen LogP contribution >= 0.6 is 0 Å². The molecule has 2 aliphatic carbocycles. The standard InChI is InChI=1S/C71H52O2/c1-3-5-43-72-64-41-33-56-46-62(39-31-58(56)48-64)70(66-19-11-7-15-52(66)27-28-53-16-8-12-20-67(53)70)60-35-23-50(24-36-60)45-51-25-37-61(38-26-51)71(63-40-32-59-49-65(73-44-6-4-2)42-34-57(59)47-63)68-21-13-9-17-54(68)29-30-55-18-10-14-22-69(55)71/h7-42,46-49H,43-45H2,1-2H3. The van der Waals surface area contributed by atoms with Crippen molar-refractivity contribution in [2.75, 3.05) is 13.2 Å². The van der Waals surface area contributed by atoms with Gasteiger partial charge in [-0.3, -0.25) is 0 Å². The molecule has 0 heterocycles. The molecule has 2 nitrogen and oxygen atoms in total. The van der Waals surface area contributed by atoms with E-state index in [4.69, 9.17) is 9.47 Å². The van der Waals surface area contributed by atoms with Crippen molar-refractivity contribution in [3.05, 3.63) is 296 Å². The Morgan fingerprint density at radius 1 is 0.329 bits per heavy atom. The third-order valence-electron chi connectivity index (χ3n) is 15.0. The van der Waals surface area contributed by atoms with Gasteiger partial charge in [0.25, 0.3) is 0 Å². The van der Waals surface area contributed by atoms with E-state index in [0.717, 1.165) is 39.5 Å². The minimum atomic E-state index is -0.603. The predicted molar refractivity (Wildman–Crippen MR) is 303 cm³/mol. The summed E-state index contributed by atoms with van der Waals surface area (Å²) >= 11 is 0. The Labute approximate surface area is 429 Å². The first-order valence-corrected chi connectivity index (χ1v) is 25.1. The van der Waals surface area contributed by atoms with E-state index in [-0.39, 0.29) is 0 Å². The van der Waals surface area contributed by atoms with Crippen molar-refractivity contribution in [3.8, 4) is 35.2 Å². The van der Waals surface area contributed by atoms with Gasteiger partial charge < -0.3 is 9.47 Å². The van der Waals surface area contributed by atoms with E-state index in [1.54, 1.807) is 0 Å². The summed E-state index contributed by atoms with van der Waals surface area (Å²) in [6.45, 7) is 4.41. The van der Waals surface area contributed by atoms with Gasteiger partial charge >= 0.3 is 0 Å². The van der Waals surface area contributed by atoms with Crippen molar-refractivity contribution in [1.29, 1.82) is 0 Å². The summed E-state index contributed by atoms with van der Waals surface area (Å²) in [4.78, 5) is 0. The Morgan fingerprint density at radius 2 is 0.644 bits per heavy atom. The van der Waals surface area contributed by atoms with Crippen LogP contribution in [0.1, 0.15) is 91.7 Å². The lowest BCUT2D eigenvalue weighted by Crippen LogP contribution is -2.32. The van der Waals surface area contributed by atoms with Crippen LogP contribution < -0.4 is 9.47 Å². The Morgan fingerprint density at radius 3 is 1.00 bits per heavy atom. The summed E-state index contributed by atoms with van der Waals surface area (Å²) in [5.74, 6) is 13.5. The van der Waals surface area contributed by atoms with Gasteiger partial charge in [-0.1, -0.05) is 218 Å². The maximum atomic E-state index is 5.98. The van der Waals surface area contributed by atoms with E-state index in [0.29, 0.717) is 13.2 Å². The molecule has 0 radical (unpaired) electrons. The summed E-state index contributed by atoms with van der Waals surface area (Å²) in [5.41, 5.74) is 16.0. The number of fused-ring (bicyclic) bond motifs is 6. The molecule has 12 rings (SSSR count). The zero-order valence-electron chi connectivity index (χ0n) is 41.0. The van der Waals surface area contributed by atoms with Crippen molar-refractivity contribution >= 4 is 45.8 Å². The molecule has 0 saturated heterocycles. The SMILES string of the molecule is CC#CCOc1ccc2cc(C3(c4ccc(Cc5ccc(C6(c7ccc8cc(OCC#CC)ccc8c7)c7ccccc7C=Cc7ccccc76)cc5)cc4)c4ccccc4C=Cc4ccccc43)ccc2c1. The zero-order valence-corrected chi connectivity index (χ0v) is 41.0. The molecule has 2 heteroatoms. The third kappa shape index (κ3) is 7.99. The van der Waals surface area contributed by atoms with E-state index in [1.807, 2.05) is 13.8 Å². The van der Waals surface area contributed by atoms with E-state index in [9.17, 15) is 0 Å². The van der Waals surface area contributed by atoms with E-state index < -0.39 is 10.8 Å². The summed E-state index contributed by atoms with van der Waals surface area (Å²) in [5, 5.41) is 4.57.